The van der Waals surface area contributed by atoms with E-state index in [0.717, 1.165) is 32.2 Å². The third-order valence-electron chi connectivity index (χ3n) is 6.62. The fourth-order valence-electron chi connectivity index (χ4n) is 4.80. The van der Waals surface area contributed by atoms with E-state index < -0.39 is 0 Å². The number of nitrogens with one attached hydrogen (secondary N) is 1. The lowest BCUT2D eigenvalue weighted by Gasteiger charge is -2.17. The van der Waals surface area contributed by atoms with Gasteiger partial charge in [0.15, 0.2) is 0 Å². The molecule has 5 rings (SSSR count). The lowest BCUT2D eigenvalue weighted by molar-refractivity contribution is -0.122. The van der Waals surface area contributed by atoms with Crippen molar-refractivity contribution in [3.8, 4) is 0 Å². The molecule has 3 aromatic rings. The third-order valence-corrected chi connectivity index (χ3v) is 9.37. The Labute approximate surface area is 227 Å². The first-order valence-electron chi connectivity index (χ1n) is 11.8. The van der Waals surface area contributed by atoms with Gasteiger partial charge in [-0.05, 0) is 48.1 Å². The summed E-state index contributed by atoms with van der Waals surface area (Å²) in [5.74, 6) is 0.649. The number of halogens is 1. The first-order chi connectivity index (χ1) is 17.0. The molecule has 182 valence electrons. The lowest BCUT2D eigenvalue weighted by Crippen LogP contribution is -2.30. The van der Waals surface area contributed by atoms with Gasteiger partial charge in [0.2, 0.25) is 5.91 Å². The minimum atomic E-state index is -0.0528. The van der Waals surface area contributed by atoms with Crippen LogP contribution in [0.5, 0.6) is 0 Å². The van der Waals surface area contributed by atoms with Crippen LogP contribution in [0.15, 0.2) is 51.3 Å². The molecule has 0 bridgehead atoms. The lowest BCUT2D eigenvalue weighted by atomic mass is 10.0. The van der Waals surface area contributed by atoms with E-state index in [9.17, 15) is 9.59 Å². The number of hydrogen-bond acceptors (Lipinski definition) is 5. The van der Waals surface area contributed by atoms with Crippen LogP contribution in [0.25, 0.3) is 17.0 Å². The molecule has 0 unspecified atom stereocenters. The predicted octanol–water partition coefficient (Wildman–Crippen LogP) is 6.56. The number of amides is 2. The molecule has 2 aliphatic rings. The fourth-order valence-corrected chi connectivity index (χ4v) is 7.10. The van der Waals surface area contributed by atoms with Crippen molar-refractivity contribution in [3.63, 3.8) is 0 Å². The Morgan fingerprint density at radius 1 is 1.26 bits per heavy atom. The standard InChI is InChI=1S/C26H26BrN3O2S3/c27-19-7-8-22-21(13-19)18(15-29(22)16-24(31)28-14-20-6-3-11-34-20)12-23-25(32)30(26(33)35-23)10-9-17-4-1-2-5-17/h3,6-8,11-13,15,17H,1-2,4-5,9-10,14,16H2,(H,28,31)/b23-12-. The highest BCUT2D eigenvalue weighted by atomic mass is 79.9. The van der Waals surface area contributed by atoms with Gasteiger partial charge < -0.3 is 9.88 Å². The summed E-state index contributed by atoms with van der Waals surface area (Å²) in [5, 5.41) is 5.98. The van der Waals surface area contributed by atoms with Crippen molar-refractivity contribution in [1.29, 1.82) is 0 Å². The average molecular weight is 589 g/mol. The second-order valence-corrected chi connectivity index (χ2v) is 12.6. The zero-order valence-corrected chi connectivity index (χ0v) is 23.2. The highest BCUT2D eigenvalue weighted by molar-refractivity contribution is 9.10. The maximum atomic E-state index is 13.2. The van der Waals surface area contributed by atoms with Gasteiger partial charge in [0.05, 0.1) is 11.4 Å². The molecular weight excluding hydrogens is 562 g/mol. The van der Waals surface area contributed by atoms with Crippen molar-refractivity contribution in [1.82, 2.24) is 14.8 Å². The molecule has 0 spiro atoms. The Kier molecular flexibility index (Phi) is 7.77. The van der Waals surface area contributed by atoms with Crippen LogP contribution in [0.3, 0.4) is 0 Å². The molecule has 1 aliphatic heterocycles. The number of fused-ring (bicyclic) bond motifs is 1. The third kappa shape index (κ3) is 5.74. The number of aromatic nitrogens is 1. The maximum Gasteiger partial charge on any atom is 0.266 e. The Morgan fingerprint density at radius 2 is 2.09 bits per heavy atom. The number of thioether (sulfide) groups is 1. The molecule has 1 N–H and O–H groups in total. The number of thiophene rings is 1. The zero-order chi connectivity index (χ0) is 24.4. The summed E-state index contributed by atoms with van der Waals surface area (Å²) < 4.78 is 3.53. The topological polar surface area (TPSA) is 54.3 Å². The molecule has 0 radical (unpaired) electrons. The van der Waals surface area contributed by atoms with Gasteiger partial charge in [0.1, 0.15) is 10.9 Å². The zero-order valence-electron chi connectivity index (χ0n) is 19.2. The molecule has 1 aliphatic carbocycles. The Balaban J connectivity index is 1.34. The first-order valence-corrected chi connectivity index (χ1v) is 14.7. The molecule has 35 heavy (non-hydrogen) atoms. The van der Waals surface area contributed by atoms with E-state index in [2.05, 4.69) is 21.2 Å². The summed E-state index contributed by atoms with van der Waals surface area (Å²) >= 11 is 12.1. The first kappa shape index (κ1) is 24.7. The molecule has 2 amide bonds. The van der Waals surface area contributed by atoms with E-state index in [1.807, 2.05) is 52.6 Å². The van der Waals surface area contributed by atoms with Crippen LogP contribution in [0.4, 0.5) is 0 Å². The maximum absolute atomic E-state index is 13.2. The summed E-state index contributed by atoms with van der Waals surface area (Å²) in [5.41, 5.74) is 1.85. The molecule has 5 nitrogen and oxygen atoms in total. The number of benzene rings is 1. The monoisotopic (exact) mass is 587 g/mol. The fraction of sp³-hybridized carbons (Fsp3) is 0.346. The minimum Gasteiger partial charge on any atom is -0.350 e. The molecule has 3 heterocycles. The van der Waals surface area contributed by atoms with Gasteiger partial charge in [0.25, 0.3) is 5.91 Å². The summed E-state index contributed by atoms with van der Waals surface area (Å²) in [6.45, 7) is 1.43. The van der Waals surface area contributed by atoms with E-state index >= 15 is 0 Å². The van der Waals surface area contributed by atoms with E-state index in [0.29, 0.717) is 28.2 Å². The molecule has 9 heteroatoms. The van der Waals surface area contributed by atoms with Gasteiger partial charge >= 0.3 is 0 Å². The van der Waals surface area contributed by atoms with E-state index in [1.165, 1.54) is 37.4 Å². The van der Waals surface area contributed by atoms with Gasteiger partial charge in [0, 0.05) is 38.6 Å². The van der Waals surface area contributed by atoms with Gasteiger partial charge in [-0.1, -0.05) is 71.7 Å². The Morgan fingerprint density at radius 3 is 2.86 bits per heavy atom. The largest absolute Gasteiger partial charge is 0.350 e. The second-order valence-electron chi connectivity index (χ2n) is 9.00. The number of rotatable bonds is 8. The molecule has 0 atom stereocenters. The van der Waals surface area contributed by atoms with Crippen molar-refractivity contribution in [2.24, 2.45) is 5.92 Å². The van der Waals surface area contributed by atoms with Crippen LogP contribution < -0.4 is 5.32 Å². The minimum absolute atomic E-state index is 0.0115. The number of carbonyl (C=O) groups excluding carboxylic acids is 2. The summed E-state index contributed by atoms with van der Waals surface area (Å²) in [7, 11) is 0. The van der Waals surface area contributed by atoms with Crippen molar-refractivity contribution >= 4 is 84.4 Å². The van der Waals surface area contributed by atoms with Crippen molar-refractivity contribution in [2.45, 2.75) is 45.2 Å². The smallest absolute Gasteiger partial charge is 0.266 e. The number of carbonyl (C=O) groups is 2. The number of thiocarbonyl (C=S) groups is 1. The number of hydrogen-bond donors (Lipinski definition) is 1. The highest BCUT2D eigenvalue weighted by Crippen LogP contribution is 2.36. The molecule has 1 saturated carbocycles. The Hall–Kier alpha value is -1.94. The van der Waals surface area contributed by atoms with Crippen LogP contribution >= 0.6 is 51.2 Å². The Bertz CT molecular complexity index is 1290. The van der Waals surface area contributed by atoms with Crippen molar-refractivity contribution < 1.29 is 9.59 Å². The van der Waals surface area contributed by atoms with Crippen LogP contribution in [0.2, 0.25) is 0 Å². The van der Waals surface area contributed by atoms with Gasteiger partial charge in [-0.3, -0.25) is 14.5 Å². The van der Waals surface area contributed by atoms with E-state index in [4.69, 9.17) is 12.2 Å². The van der Waals surface area contributed by atoms with Crippen LogP contribution in [-0.2, 0) is 22.7 Å². The van der Waals surface area contributed by atoms with Crippen LogP contribution in [-0.4, -0.2) is 32.1 Å². The summed E-state index contributed by atoms with van der Waals surface area (Å²) in [6.07, 6.45) is 10.0. The normalized spacial score (nSPS) is 17.9. The van der Waals surface area contributed by atoms with Crippen molar-refractivity contribution in [3.05, 3.63) is 61.7 Å². The SMILES string of the molecule is O=C(Cn1cc(/C=C2\SC(=S)N(CCC3CCCC3)C2=O)c2cc(Br)ccc21)NCc1cccs1. The summed E-state index contributed by atoms with van der Waals surface area (Å²) in [6, 6.07) is 9.98. The highest BCUT2D eigenvalue weighted by Gasteiger charge is 2.32. The molecule has 1 aromatic carbocycles. The molecular formula is C26H26BrN3O2S3. The predicted molar refractivity (Wildman–Crippen MR) is 152 cm³/mol. The van der Waals surface area contributed by atoms with Crippen molar-refractivity contribution in [2.75, 3.05) is 6.54 Å². The van der Waals surface area contributed by atoms with Crippen LogP contribution in [0, 0.1) is 5.92 Å². The quantitative estimate of drug-likeness (QED) is 0.239. The average Bonchev–Trinajstić information content (AvgIpc) is 3.63. The van der Waals surface area contributed by atoms with E-state index in [-0.39, 0.29) is 18.4 Å². The van der Waals surface area contributed by atoms with Crippen LogP contribution in [0.1, 0.15) is 42.5 Å². The molecule has 2 fully saturated rings. The van der Waals surface area contributed by atoms with E-state index in [1.54, 1.807) is 16.2 Å². The van der Waals surface area contributed by atoms with Gasteiger partial charge in [-0.2, -0.15) is 0 Å². The molecule has 1 saturated heterocycles. The van der Waals surface area contributed by atoms with Gasteiger partial charge in [-0.15, -0.1) is 11.3 Å². The second kappa shape index (κ2) is 11.0. The number of nitrogens with zero attached hydrogens (tertiary/aromatic N) is 2. The van der Waals surface area contributed by atoms with Gasteiger partial charge in [-0.25, -0.2) is 0 Å². The summed E-state index contributed by atoms with van der Waals surface area (Å²) in [4.78, 5) is 29.4. The molecule has 2 aromatic heterocycles.